The minimum absolute atomic E-state index is 0.116. The molecule has 0 saturated heterocycles. The first-order valence-electron chi connectivity index (χ1n) is 8.09. The third kappa shape index (κ3) is 2.31. The van der Waals surface area contributed by atoms with Crippen LogP contribution in [0.1, 0.15) is 22.4 Å². The molecule has 4 aromatic rings. The lowest BCUT2D eigenvalue weighted by atomic mass is 9.70. The number of hydrogen-bond donors (Lipinski definition) is 1. The van der Waals surface area contributed by atoms with Crippen molar-refractivity contribution in [2.45, 2.75) is 11.8 Å². The number of fused-ring (bicyclic) bond motifs is 1. The van der Waals surface area contributed by atoms with Crippen LogP contribution < -0.4 is 0 Å². The quantitative estimate of drug-likeness (QED) is 0.548. The van der Waals surface area contributed by atoms with Gasteiger partial charge >= 0.3 is 0 Å². The molecule has 5 heteroatoms. The van der Waals surface area contributed by atoms with Crippen LogP contribution >= 0.6 is 22.7 Å². The van der Waals surface area contributed by atoms with Crippen molar-refractivity contribution in [1.82, 2.24) is 15.2 Å². The summed E-state index contributed by atoms with van der Waals surface area (Å²) >= 11 is 3.50. The Bertz CT molecular complexity index is 978. The topological polar surface area (TPSA) is 41.6 Å². The van der Waals surface area contributed by atoms with Gasteiger partial charge in [0.05, 0.1) is 5.69 Å². The fourth-order valence-corrected chi connectivity index (χ4v) is 5.07. The van der Waals surface area contributed by atoms with Crippen molar-refractivity contribution in [2.24, 2.45) is 0 Å². The standard InChI is InChI=1S/C20H15N3S2/c1-6-20(15-4-9-24-12-15,16-5-10-25-13-16)11-18-17(1)19(23-22-18)14-2-7-21-8-3-14/h1-10,12-13H,11H2,(H,22,23). The van der Waals surface area contributed by atoms with Crippen LogP contribution in [0.3, 0.4) is 0 Å². The Morgan fingerprint density at radius 2 is 1.68 bits per heavy atom. The molecule has 0 amide bonds. The maximum absolute atomic E-state index is 4.60. The first kappa shape index (κ1) is 14.8. The normalized spacial score (nSPS) is 15.2. The Morgan fingerprint density at radius 1 is 0.960 bits per heavy atom. The number of H-pyrrole nitrogens is 1. The Labute approximate surface area is 153 Å². The van der Waals surface area contributed by atoms with Gasteiger partial charge < -0.3 is 0 Å². The summed E-state index contributed by atoms with van der Waals surface area (Å²) in [7, 11) is 0. The second-order valence-corrected chi connectivity index (χ2v) is 7.77. The van der Waals surface area contributed by atoms with E-state index in [9.17, 15) is 0 Å². The molecule has 0 unspecified atom stereocenters. The molecule has 1 aliphatic carbocycles. The molecule has 4 heterocycles. The highest BCUT2D eigenvalue weighted by molar-refractivity contribution is 7.08. The van der Waals surface area contributed by atoms with E-state index in [4.69, 9.17) is 0 Å². The molecule has 0 bridgehead atoms. The van der Waals surface area contributed by atoms with E-state index in [0.29, 0.717) is 0 Å². The van der Waals surface area contributed by atoms with Crippen molar-refractivity contribution < 1.29 is 0 Å². The number of thiophene rings is 2. The average Bonchev–Trinajstić information content (AvgIpc) is 3.43. The summed E-state index contributed by atoms with van der Waals surface area (Å²) < 4.78 is 0. The lowest BCUT2D eigenvalue weighted by Crippen LogP contribution is -2.29. The molecule has 0 saturated carbocycles. The SMILES string of the molecule is C1=CC(c2ccsc2)(c2ccsc2)Cc2[nH]nc(-c3ccncc3)c21. The first-order valence-corrected chi connectivity index (χ1v) is 9.98. The summed E-state index contributed by atoms with van der Waals surface area (Å²) in [5.74, 6) is 0. The maximum Gasteiger partial charge on any atom is 0.0996 e. The smallest absolute Gasteiger partial charge is 0.0996 e. The third-order valence-corrected chi connectivity index (χ3v) is 6.27. The molecule has 0 spiro atoms. The molecular weight excluding hydrogens is 346 g/mol. The van der Waals surface area contributed by atoms with E-state index in [1.54, 1.807) is 22.7 Å². The summed E-state index contributed by atoms with van der Waals surface area (Å²) in [6.07, 6.45) is 9.09. The number of aromatic amines is 1. The fourth-order valence-electron chi connectivity index (χ4n) is 3.59. The zero-order chi connectivity index (χ0) is 16.7. The maximum atomic E-state index is 4.60. The van der Waals surface area contributed by atoms with Gasteiger partial charge in [-0.05, 0) is 56.9 Å². The number of aromatic nitrogens is 3. The van der Waals surface area contributed by atoms with Gasteiger partial charge in [-0.2, -0.15) is 27.8 Å². The molecule has 0 atom stereocenters. The van der Waals surface area contributed by atoms with Gasteiger partial charge in [-0.15, -0.1) is 0 Å². The fraction of sp³-hybridized carbons (Fsp3) is 0.100. The van der Waals surface area contributed by atoms with Gasteiger partial charge in [0, 0.05) is 41.1 Å². The van der Waals surface area contributed by atoms with Gasteiger partial charge in [0.25, 0.3) is 0 Å². The highest BCUT2D eigenvalue weighted by Crippen LogP contribution is 2.44. The molecule has 0 radical (unpaired) electrons. The van der Waals surface area contributed by atoms with Gasteiger partial charge in [-0.3, -0.25) is 10.1 Å². The van der Waals surface area contributed by atoms with E-state index < -0.39 is 0 Å². The zero-order valence-corrected chi connectivity index (χ0v) is 15.0. The van der Waals surface area contributed by atoms with E-state index in [1.807, 2.05) is 24.5 Å². The molecule has 5 rings (SSSR count). The number of nitrogens with one attached hydrogen (secondary N) is 1. The molecular formula is C20H15N3S2. The van der Waals surface area contributed by atoms with E-state index >= 15 is 0 Å². The third-order valence-electron chi connectivity index (χ3n) is 4.90. The lowest BCUT2D eigenvalue weighted by molar-refractivity contribution is 0.625. The first-order chi connectivity index (χ1) is 12.4. The highest BCUT2D eigenvalue weighted by atomic mass is 32.1. The lowest BCUT2D eigenvalue weighted by Gasteiger charge is -2.32. The van der Waals surface area contributed by atoms with Crippen molar-refractivity contribution in [3.8, 4) is 11.3 Å². The summed E-state index contributed by atoms with van der Waals surface area (Å²) in [6, 6.07) is 8.48. The molecule has 25 heavy (non-hydrogen) atoms. The molecule has 0 aliphatic heterocycles. The van der Waals surface area contributed by atoms with Crippen LogP contribution in [0.2, 0.25) is 0 Å². The van der Waals surface area contributed by atoms with E-state index in [1.165, 1.54) is 22.4 Å². The molecule has 0 fully saturated rings. The minimum Gasteiger partial charge on any atom is -0.281 e. The van der Waals surface area contributed by atoms with Gasteiger partial charge in [0.2, 0.25) is 0 Å². The summed E-state index contributed by atoms with van der Waals surface area (Å²) in [5, 5.41) is 16.7. The number of allylic oxidation sites excluding steroid dienone is 1. The van der Waals surface area contributed by atoms with E-state index in [2.05, 4.69) is 61.0 Å². The van der Waals surface area contributed by atoms with Crippen LogP contribution in [0.25, 0.3) is 17.3 Å². The van der Waals surface area contributed by atoms with Gasteiger partial charge in [0.15, 0.2) is 0 Å². The predicted molar refractivity (Wildman–Crippen MR) is 104 cm³/mol. The molecule has 122 valence electrons. The van der Waals surface area contributed by atoms with E-state index in [0.717, 1.165) is 17.7 Å². The van der Waals surface area contributed by atoms with Crippen molar-refractivity contribution in [1.29, 1.82) is 0 Å². The summed E-state index contributed by atoms with van der Waals surface area (Å²) in [4.78, 5) is 4.10. The van der Waals surface area contributed by atoms with Crippen LogP contribution in [0.4, 0.5) is 0 Å². The van der Waals surface area contributed by atoms with Crippen LogP contribution in [-0.2, 0) is 11.8 Å². The number of pyridine rings is 1. The van der Waals surface area contributed by atoms with E-state index in [-0.39, 0.29) is 5.41 Å². The van der Waals surface area contributed by atoms with Gasteiger partial charge in [0.1, 0.15) is 0 Å². The summed E-state index contributed by atoms with van der Waals surface area (Å²) in [6.45, 7) is 0. The van der Waals surface area contributed by atoms with Crippen LogP contribution in [0.5, 0.6) is 0 Å². The highest BCUT2D eigenvalue weighted by Gasteiger charge is 2.37. The average molecular weight is 361 g/mol. The number of rotatable bonds is 3. The molecule has 3 nitrogen and oxygen atoms in total. The Morgan fingerprint density at radius 3 is 2.32 bits per heavy atom. The summed E-state index contributed by atoms with van der Waals surface area (Å²) in [5.41, 5.74) is 7.04. The predicted octanol–water partition coefficient (Wildman–Crippen LogP) is 5.15. The van der Waals surface area contributed by atoms with Crippen molar-refractivity contribution in [2.75, 3.05) is 0 Å². The minimum atomic E-state index is -0.116. The second kappa shape index (κ2) is 5.79. The van der Waals surface area contributed by atoms with Crippen molar-refractivity contribution in [3.63, 3.8) is 0 Å². The van der Waals surface area contributed by atoms with Crippen molar-refractivity contribution >= 4 is 28.7 Å². The number of nitrogens with zero attached hydrogens (tertiary/aromatic N) is 2. The van der Waals surface area contributed by atoms with Gasteiger partial charge in [-0.25, -0.2) is 0 Å². The monoisotopic (exact) mass is 361 g/mol. The second-order valence-electron chi connectivity index (χ2n) is 6.21. The molecule has 0 aromatic carbocycles. The van der Waals surface area contributed by atoms with Crippen LogP contribution in [-0.4, -0.2) is 15.2 Å². The number of hydrogen-bond acceptors (Lipinski definition) is 4. The molecule has 4 aromatic heterocycles. The largest absolute Gasteiger partial charge is 0.281 e. The Kier molecular flexibility index (Phi) is 3.43. The molecule has 1 aliphatic rings. The van der Waals surface area contributed by atoms with Crippen LogP contribution in [0, 0.1) is 0 Å². The van der Waals surface area contributed by atoms with Gasteiger partial charge in [-0.1, -0.05) is 12.2 Å². The molecule has 1 N–H and O–H groups in total. The zero-order valence-electron chi connectivity index (χ0n) is 13.3. The Hall–Kier alpha value is -2.50. The Balaban J connectivity index is 1.65. The van der Waals surface area contributed by atoms with Crippen molar-refractivity contribution in [3.05, 3.63) is 86.6 Å². The van der Waals surface area contributed by atoms with Crippen LogP contribution in [0.15, 0.2) is 64.3 Å².